The summed E-state index contributed by atoms with van der Waals surface area (Å²) in [7, 11) is 2.08. The van der Waals surface area contributed by atoms with Gasteiger partial charge in [-0.1, -0.05) is 6.08 Å². The standard InChI is InChI=1S/C9H14N2/c1-4-8-6-7-10-9(8)11(3)5-2/h4,6-8H,1,5H2,2-3H3/p+1. The molecule has 2 heteroatoms. The smallest absolute Gasteiger partial charge is 0.260 e. The van der Waals surface area contributed by atoms with Gasteiger partial charge in [-0.15, -0.1) is 6.58 Å². The minimum absolute atomic E-state index is 0.375. The van der Waals surface area contributed by atoms with Gasteiger partial charge in [0, 0.05) is 0 Å². The summed E-state index contributed by atoms with van der Waals surface area (Å²) in [5.74, 6) is 1.60. The molecule has 60 valence electrons. The number of nitrogens with one attached hydrogen (secondary N) is 1. The Morgan fingerprint density at radius 2 is 2.55 bits per heavy atom. The van der Waals surface area contributed by atoms with Gasteiger partial charge in [0.2, 0.25) is 0 Å². The van der Waals surface area contributed by atoms with Crippen molar-refractivity contribution in [1.29, 1.82) is 0 Å². The number of nitrogens with zero attached hydrogens (tertiary/aromatic N) is 1. The van der Waals surface area contributed by atoms with Crippen molar-refractivity contribution in [2.45, 2.75) is 6.92 Å². The Kier molecular flexibility index (Phi) is 2.47. The van der Waals surface area contributed by atoms with Crippen LogP contribution >= 0.6 is 0 Å². The number of rotatable bonds is 2. The summed E-state index contributed by atoms with van der Waals surface area (Å²) in [6.07, 6.45) is 6.01. The summed E-state index contributed by atoms with van der Waals surface area (Å²) < 4.78 is 2.19. The molecule has 0 spiro atoms. The maximum absolute atomic E-state index is 3.77. The summed E-state index contributed by atoms with van der Waals surface area (Å²) in [6.45, 7) is 6.93. The summed E-state index contributed by atoms with van der Waals surface area (Å²) in [5, 5.41) is 3.20. The highest BCUT2D eigenvalue weighted by molar-refractivity contribution is 5.86. The number of amidine groups is 1. The zero-order valence-corrected chi connectivity index (χ0v) is 7.17. The molecule has 0 aliphatic carbocycles. The fraction of sp³-hybridized carbons (Fsp3) is 0.444. The molecule has 0 aromatic carbocycles. The van der Waals surface area contributed by atoms with Crippen LogP contribution in [-0.4, -0.2) is 24.0 Å². The van der Waals surface area contributed by atoms with Gasteiger partial charge in [-0.05, 0) is 13.0 Å². The number of hydrogen-bond donors (Lipinski definition) is 1. The second-order valence-electron chi connectivity index (χ2n) is 2.66. The van der Waals surface area contributed by atoms with Crippen molar-refractivity contribution < 1.29 is 4.58 Å². The zero-order chi connectivity index (χ0) is 8.27. The van der Waals surface area contributed by atoms with Gasteiger partial charge in [-0.3, -0.25) is 9.89 Å². The monoisotopic (exact) mass is 151 g/mol. The third kappa shape index (κ3) is 1.50. The molecule has 2 nitrogen and oxygen atoms in total. The van der Waals surface area contributed by atoms with Gasteiger partial charge in [0.05, 0.1) is 25.7 Å². The van der Waals surface area contributed by atoms with Crippen LogP contribution in [0.15, 0.2) is 24.9 Å². The topological polar surface area (TPSA) is 15.0 Å². The van der Waals surface area contributed by atoms with Gasteiger partial charge >= 0.3 is 0 Å². The Balaban J connectivity index is 2.82. The van der Waals surface area contributed by atoms with Crippen LogP contribution in [-0.2, 0) is 0 Å². The molecule has 1 aliphatic rings. The molecule has 0 fully saturated rings. The van der Waals surface area contributed by atoms with E-state index in [1.807, 2.05) is 12.3 Å². The third-order valence-corrected chi connectivity index (χ3v) is 1.99. The van der Waals surface area contributed by atoms with E-state index in [1.165, 1.54) is 5.84 Å². The van der Waals surface area contributed by atoms with Crippen LogP contribution in [0.4, 0.5) is 0 Å². The molecule has 1 heterocycles. The highest BCUT2D eigenvalue weighted by Gasteiger charge is 2.21. The Hall–Kier alpha value is -1.05. The van der Waals surface area contributed by atoms with Crippen LogP contribution in [0.2, 0.25) is 0 Å². The van der Waals surface area contributed by atoms with Crippen LogP contribution in [0.3, 0.4) is 0 Å². The third-order valence-electron chi connectivity index (χ3n) is 1.99. The molecule has 0 aromatic rings. The molecule has 1 unspecified atom stereocenters. The van der Waals surface area contributed by atoms with Gasteiger partial charge < -0.3 is 0 Å². The van der Waals surface area contributed by atoms with Crippen LogP contribution < -0.4 is 5.32 Å². The molecule has 1 N–H and O–H groups in total. The molecule has 1 aliphatic heterocycles. The van der Waals surface area contributed by atoms with E-state index in [1.54, 1.807) is 0 Å². The Labute approximate surface area is 67.9 Å². The molecule has 0 bridgehead atoms. The van der Waals surface area contributed by atoms with E-state index >= 15 is 0 Å². The largest absolute Gasteiger partial charge is 0.268 e. The van der Waals surface area contributed by atoms with Crippen molar-refractivity contribution in [1.82, 2.24) is 5.32 Å². The predicted octanol–water partition coefficient (Wildman–Crippen LogP) is 0.966. The molecular formula is C9H15N2+. The molecule has 1 atom stereocenters. The summed E-state index contributed by atoms with van der Waals surface area (Å²) in [5.41, 5.74) is 0. The Morgan fingerprint density at radius 1 is 1.82 bits per heavy atom. The molecule has 0 radical (unpaired) electrons. The molecule has 11 heavy (non-hydrogen) atoms. The van der Waals surface area contributed by atoms with E-state index in [4.69, 9.17) is 0 Å². The van der Waals surface area contributed by atoms with E-state index in [-0.39, 0.29) is 0 Å². The van der Waals surface area contributed by atoms with Crippen molar-refractivity contribution in [2.24, 2.45) is 5.92 Å². The first-order chi connectivity index (χ1) is 5.29. The lowest BCUT2D eigenvalue weighted by molar-refractivity contribution is -0.496. The van der Waals surface area contributed by atoms with E-state index in [0.29, 0.717) is 5.92 Å². The summed E-state index contributed by atoms with van der Waals surface area (Å²) in [6, 6.07) is 0. The molecule has 0 amide bonds. The first kappa shape index (κ1) is 8.05. The fourth-order valence-corrected chi connectivity index (χ4v) is 1.15. The van der Waals surface area contributed by atoms with Crippen molar-refractivity contribution in [3.8, 4) is 0 Å². The molecule has 0 saturated carbocycles. The van der Waals surface area contributed by atoms with E-state index in [2.05, 4.69) is 36.5 Å². The first-order valence-electron chi connectivity index (χ1n) is 3.93. The van der Waals surface area contributed by atoms with E-state index in [0.717, 1.165) is 6.54 Å². The van der Waals surface area contributed by atoms with Crippen LogP contribution in [0, 0.1) is 5.92 Å². The highest BCUT2D eigenvalue weighted by Crippen LogP contribution is 2.06. The molecule has 0 saturated heterocycles. The quantitative estimate of drug-likeness (QED) is 0.459. The maximum Gasteiger partial charge on any atom is 0.260 e. The fourth-order valence-electron chi connectivity index (χ4n) is 1.15. The van der Waals surface area contributed by atoms with Crippen molar-refractivity contribution >= 4 is 5.84 Å². The minimum atomic E-state index is 0.375. The van der Waals surface area contributed by atoms with Crippen molar-refractivity contribution in [3.05, 3.63) is 24.9 Å². The SMILES string of the molecule is C=CC1C=CNC1=[N+](C)CC. The molecule has 1 rings (SSSR count). The van der Waals surface area contributed by atoms with Gasteiger partial charge in [-0.2, -0.15) is 0 Å². The number of hydrogen-bond acceptors (Lipinski definition) is 0. The first-order valence-corrected chi connectivity index (χ1v) is 3.93. The highest BCUT2D eigenvalue weighted by atomic mass is 15.1. The van der Waals surface area contributed by atoms with Gasteiger partial charge in [0.1, 0.15) is 0 Å². The second-order valence-corrected chi connectivity index (χ2v) is 2.66. The average molecular weight is 151 g/mol. The Bertz CT molecular complexity index is 214. The maximum atomic E-state index is 3.77. The predicted molar refractivity (Wildman–Crippen MR) is 47.7 cm³/mol. The van der Waals surface area contributed by atoms with E-state index in [9.17, 15) is 0 Å². The zero-order valence-electron chi connectivity index (χ0n) is 7.17. The minimum Gasteiger partial charge on any atom is -0.268 e. The van der Waals surface area contributed by atoms with Gasteiger partial charge in [0.25, 0.3) is 5.84 Å². The molecular weight excluding hydrogens is 136 g/mol. The second kappa shape index (κ2) is 3.37. The summed E-state index contributed by atoms with van der Waals surface area (Å²) in [4.78, 5) is 0. The molecule has 0 aromatic heterocycles. The Morgan fingerprint density at radius 3 is 3.09 bits per heavy atom. The van der Waals surface area contributed by atoms with Crippen molar-refractivity contribution in [2.75, 3.05) is 13.6 Å². The van der Waals surface area contributed by atoms with Crippen molar-refractivity contribution in [3.63, 3.8) is 0 Å². The lowest BCUT2D eigenvalue weighted by Gasteiger charge is -2.03. The average Bonchev–Trinajstić information content (AvgIpc) is 2.50. The normalized spacial score (nSPS) is 26.5. The van der Waals surface area contributed by atoms with Crippen LogP contribution in [0.5, 0.6) is 0 Å². The van der Waals surface area contributed by atoms with Crippen LogP contribution in [0.25, 0.3) is 0 Å². The van der Waals surface area contributed by atoms with Gasteiger partial charge in [-0.25, -0.2) is 0 Å². The summed E-state index contributed by atoms with van der Waals surface area (Å²) >= 11 is 0. The lowest BCUT2D eigenvalue weighted by atomic mass is 10.1. The van der Waals surface area contributed by atoms with Crippen LogP contribution in [0.1, 0.15) is 6.92 Å². The van der Waals surface area contributed by atoms with E-state index < -0.39 is 0 Å². The lowest BCUT2D eigenvalue weighted by Crippen LogP contribution is -2.29. The van der Waals surface area contributed by atoms with Gasteiger partial charge in [0.15, 0.2) is 0 Å².